The predicted octanol–water partition coefficient (Wildman–Crippen LogP) is 3.93. The molecule has 5 nitrogen and oxygen atoms in total. The molecule has 0 radical (unpaired) electrons. The average Bonchev–Trinajstić information content (AvgIpc) is 3.32. The first-order valence-corrected chi connectivity index (χ1v) is 8.17. The normalized spacial score (nSPS) is 15.8. The fraction of sp³-hybridized carbons (Fsp3) is 0.278. The molecule has 4 aromatic heterocycles. The first-order chi connectivity index (χ1) is 11.4. The summed E-state index contributed by atoms with van der Waals surface area (Å²) in [7, 11) is 0. The highest BCUT2D eigenvalue weighted by atomic mass is 15.4. The second kappa shape index (κ2) is 4.91. The van der Waals surface area contributed by atoms with Crippen LogP contribution in [0.25, 0.3) is 27.7 Å². The van der Waals surface area contributed by atoms with Gasteiger partial charge in [0.25, 0.3) is 0 Å². The molecule has 1 fully saturated rings. The van der Waals surface area contributed by atoms with Crippen LogP contribution < -0.4 is 0 Å². The summed E-state index contributed by atoms with van der Waals surface area (Å²) >= 11 is 0. The molecule has 1 saturated carbocycles. The van der Waals surface area contributed by atoms with Crippen LogP contribution in [0, 0.1) is 0 Å². The number of rotatable bonds is 2. The number of H-pyrrole nitrogens is 1. The van der Waals surface area contributed by atoms with Gasteiger partial charge in [-0.05, 0) is 48.6 Å². The van der Waals surface area contributed by atoms with E-state index < -0.39 is 0 Å². The fourth-order valence-corrected chi connectivity index (χ4v) is 3.78. The third-order valence-corrected chi connectivity index (χ3v) is 4.94. The lowest BCUT2D eigenvalue weighted by molar-refractivity contribution is 0.704. The van der Waals surface area contributed by atoms with Gasteiger partial charge in [-0.15, -0.1) is 0 Å². The van der Waals surface area contributed by atoms with Gasteiger partial charge in [0, 0.05) is 29.0 Å². The standard InChI is InChI=1S/C18H17N5/c1-2-5-12(4-1)16-10-14-13(7-9-19-18(14)22-16)15-11-21-23-17(15)6-3-8-20-23/h3,6-12H,1-2,4-5H2,(H,19,22). The largest absolute Gasteiger partial charge is 0.343 e. The molecule has 0 aliphatic heterocycles. The number of aromatic nitrogens is 5. The summed E-state index contributed by atoms with van der Waals surface area (Å²) in [5, 5.41) is 9.79. The molecular formula is C18H17N5. The number of nitrogens with zero attached hydrogens (tertiary/aromatic N) is 4. The number of fused-ring (bicyclic) bond motifs is 2. The molecule has 0 saturated heterocycles. The van der Waals surface area contributed by atoms with Crippen molar-refractivity contribution in [2.24, 2.45) is 0 Å². The lowest BCUT2D eigenvalue weighted by Gasteiger charge is -2.04. The van der Waals surface area contributed by atoms with Gasteiger partial charge in [0.1, 0.15) is 5.65 Å². The molecule has 0 amide bonds. The highest BCUT2D eigenvalue weighted by Crippen LogP contribution is 2.37. The van der Waals surface area contributed by atoms with E-state index >= 15 is 0 Å². The van der Waals surface area contributed by atoms with Gasteiger partial charge in [0.05, 0.1) is 11.7 Å². The quantitative estimate of drug-likeness (QED) is 0.610. The first-order valence-electron chi connectivity index (χ1n) is 8.17. The minimum atomic E-state index is 0.655. The molecule has 0 bridgehead atoms. The third-order valence-electron chi connectivity index (χ3n) is 4.94. The lowest BCUT2D eigenvalue weighted by Crippen LogP contribution is -1.91. The summed E-state index contributed by atoms with van der Waals surface area (Å²) in [6.07, 6.45) is 10.7. The summed E-state index contributed by atoms with van der Waals surface area (Å²) in [4.78, 5) is 8.06. The Morgan fingerprint density at radius 3 is 2.87 bits per heavy atom. The minimum Gasteiger partial charge on any atom is -0.343 e. The summed E-state index contributed by atoms with van der Waals surface area (Å²) in [6, 6.07) is 8.35. The van der Waals surface area contributed by atoms with E-state index in [9.17, 15) is 0 Å². The summed E-state index contributed by atoms with van der Waals surface area (Å²) in [5.74, 6) is 0.655. The first kappa shape index (κ1) is 12.8. The van der Waals surface area contributed by atoms with Crippen LogP contribution in [-0.2, 0) is 0 Å². The maximum absolute atomic E-state index is 4.53. The molecule has 0 unspecified atom stereocenters. The monoisotopic (exact) mass is 303 g/mol. The second-order valence-electron chi connectivity index (χ2n) is 6.28. The zero-order chi connectivity index (χ0) is 15.2. The van der Waals surface area contributed by atoms with Crippen LogP contribution in [0.3, 0.4) is 0 Å². The van der Waals surface area contributed by atoms with E-state index in [1.165, 1.54) is 42.3 Å². The molecule has 23 heavy (non-hydrogen) atoms. The van der Waals surface area contributed by atoms with Crippen molar-refractivity contribution in [3.63, 3.8) is 0 Å². The molecule has 1 N–H and O–H groups in total. The average molecular weight is 303 g/mol. The Balaban J connectivity index is 1.72. The topological polar surface area (TPSA) is 58.9 Å². The maximum Gasteiger partial charge on any atom is 0.138 e. The lowest BCUT2D eigenvalue weighted by atomic mass is 10.0. The van der Waals surface area contributed by atoms with Crippen molar-refractivity contribution in [3.05, 3.63) is 48.5 Å². The van der Waals surface area contributed by atoms with Crippen LogP contribution >= 0.6 is 0 Å². The Labute approximate surface area is 133 Å². The number of pyridine rings is 1. The van der Waals surface area contributed by atoms with Gasteiger partial charge in [-0.3, -0.25) is 0 Å². The van der Waals surface area contributed by atoms with E-state index in [4.69, 9.17) is 0 Å². The summed E-state index contributed by atoms with van der Waals surface area (Å²) in [6.45, 7) is 0. The van der Waals surface area contributed by atoms with E-state index in [2.05, 4.69) is 32.3 Å². The summed E-state index contributed by atoms with van der Waals surface area (Å²) in [5.41, 5.74) is 5.57. The molecule has 0 spiro atoms. The van der Waals surface area contributed by atoms with Crippen LogP contribution in [0.5, 0.6) is 0 Å². The van der Waals surface area contributed by atoms with Crippen molar-refractivity contribution in [1.29, 1.82) is 0 Å². The molecule has 4 heterocycles. The van der Waals surface area contributed by atoms with Crippen LogP contribution in [-0.4, -0.2) is 24.8 Å². The SMILES string of the molecule is c1cnn2ncc(-c3ccnc4[nH]c(C5CCCC5)cc34)c2c1. The molecule has 0 atom stereocenters. The Morgan fingerprint density at radius 1 is 1.04 bits per heavy atom. The van der Waals surface area contributed by atoms with E-state index in [0.717, 1.165) is 16.7 Å². The number of hydrogen-bond donors (Lipinski definition) is 1. The van der Waals surface area contributed by atoms with Crippen molar-refractivity contribution in [2.75, 3.05) is 0 Å². The van der Waals surface area contributed by atoms with Gasteiger partial charge in [-0.2, -0.15) is 14.8 Å². The van der Waals surface area contributed by atoms with Crippen molar-refractivity contribution >= 4 is 16.6 Å². The van der Waals surface area contributed by atoms with Gasteiger partial charge >= 0.3 is 0 Å². The Bertz CT molecular complexity index is 991. The van der Waals surface area contributed by atoms with E-state index in [-0.39, 0.29) is 0 Å². The Hall–Kier alpha value is -2.69. The molecule has 5 heteroatoms. The van der Waals surface area contributed by atoms with Crippen molar-refractivity contribution in [3.8, 4) is 11.1 Å². The third kappa shape index (κ3) is 1.96. The van der Waals surface area contributed by atoms with Crippen LogP contribution in [0.1, 0.15) is 37.3 Å². The van der Waals surface area contributed by atoms with Crippen molar-refractivity contribution < 1.29 is 0 Å². The van der Waals surface area contributed by atoms with Gasteiger partial charge in [0.15, 0.2) is 0 Å². The van der Waals surface area contributed by atoms with E-state index in [0.29, 0.717) is 5.92 Å². The number of aromatic amines is 1. The second-order valence-corrected chi connectivity index (χ2v) is 6.28. The van der Waals surface area contributed by atoms with Gasteiger partial charge in [-0.1, -0.05) is 12.8 Å². The molecule has 114 valence electrons. The van der Waals surface area contributed by atoms with Crippen LogP contribution in [0.2, 0.25) is 0 Å². The maximum atomic E-state index is 4.53. The summed E-state index contributed by atoms with van der Waals surface area (Å²) < 4.78 is 1.67. The van der Waals surface area contributed by atoms with E-state index in [1.807, 2.05) is 24.5 Å². The zero-order valence-electron chi connectivity index (χ0n) is 12.7. The predicted molar refractivity (Wildman–Crippen MR) is 89.3 cm³/mol. The van der Waals surface area contributed by atoms with Crippen LogP contribution in [0.15, 0.2) is 42.9 Å². The molecule has 1 aliphatic rings. The number of nitrogens with one attached hydrogen (secondary N) is 1. The molecule has 1 aliphatic carbocycles. The molecule has 4 aromatic rings. The molecule has 0 aromatic carbocycles. The van der Waals surface area contributed by atoms with E-state index in [1.54, 1.807) is 10.8 Å². The molecular weight excluding hydrogens is 286 g/mol. The van der Waals surface area contributed by atoms with Gasteiger partial charge in [-0.25, -0.2) is 4.98 Å². The smallest absolute Gasteiger partial charge is 0.138 e. The van der Waals surface area contributed by atoms with Crippen molar-refractivity contribution in [2.45, 2.75) is 31.6 Å². The number of hydrogen-bond acceptors (Lipinski definition) is 3. The Morgan fingerprint density at radius 2 is 1.96 bits per heavy atom. The highest BCUT2D eigenvalue weighted by Gasteiger charge is 2.20. The highest BCUT2D eigenvalue weighted by molar-refractivity contribution is 5.97. The Kier molecular flexibility index (Phi) is 2.74. The molecule has 5 rings (SSSR count). The van der Waals surface area contributed by atoms with Gasteiger partial charge in [0.2, 0.25) is 0 Å². The van der Waals surface area contributed by atoms with Crippen molar-refractivity contribution in [1.82, 2.24) is 24.8 Å². The minimum absolute atomic E-state index is 0.655. The van der Waals surface area contributed by atoms with Crippen LogP contribution in [0.4, 0.5) is 0 Å². The zero-order valence-corrected chi connectivity index (χ0v) is 12.7. The fourth-order valence-electron chi connectivity index (χ4n) is 3.78. The van der Waals surface area contributed by atoms with Gasteiger partial charge < -0.3 is 4.98 Å².